The van der Waals surface area contributed by atoms with E-state index in [9.17, 15) is 9.59 Å². The van der Waals surface area contributed by atoms with Crippen LogP contribution >= 0.6 is 0 Å². The molecular weight excluding hydrogens is 154 g/mol. The molecule has 0 saturated carbocycles. The topological polar surface area (TPSA) is 46.2 Å². The van der Waals surface area contributed by atoms with Gasteiger partial charge < -0.3 is 0 Å². The number of rotatable bonds is 0. The molecule has 0 spiro atoms. The average Bonchev–Trinajstić information content (AvgIpc) is 2.29. The number of allylic oxidation sites excluding steroid dienone is 1. The third-order valence-electron chi connectivity index (χ3n) is 2.35. The number of carbonyl (C=O) groups excluding carboxylic acids is 2. The number of nitrogens with one attached hydrogen (secondary N) is 1. The number of fused-ring (bicyclic) bond motifs is 1. The molecule has 0 aromatic rings. The lowest BCUT2D eigenvalue weighted by Gasteiger charge is -2.17. The molecule has 0 aromatic carbocycles. The zero-order valence-electron chi connectivity index (χ0n) is 6.54. The van der Waals surface area contributed by atoms with Crippen molar-refractivity contribution in [2.75, 3.05) is 0 Å². The summed E-state index contributed by atoms with van der Waals surface area (Å²) in [6.07, 6.45) is 4.39. The number of amides is 2. The van der Waals surface area contributed by atoms with Crippen molar-refractivity contribution in [1.82, 2.24) is 5.32 Å². The summed E-state index contributed by atoms with van der Waals surface area (Å²) in [6, 6.07) is 0. The summed E-state index contributed by atoms with van der Waals surface area (Å²) in [6.45, 7) is 3.78. The monoisotopic (exact) mass is 163 g/mol. The molecule has 62 valence electrons. The first-order valence-corrected chi connectivity index (χ1v) is 3.89. The van der Waals surface area contributed by atoms with E-state index in [1.807, 2.05) is 6.08 Å². The van der Waals surface area contributed by atoms with E-state index in [-0.39, 0.29) is 23.7 Å². The number of hydrogen-bond acceptors (Lipinski definition) is 2. The Kier molecular flexibility index (Phi) is 1.40. The van der Waals surface area contributed by atoms with Crippen molar-refractivity contribution in [1.29, 1.82) is 0 Å². The Hall–Kier alpha value is -1.38. The summed E-state index contributed by atoms with van der Waals surface area (Å²) in [5.74, 6) is -0.984. The van der Waals surface area contributed by atoms with Gasteiger partial charge in [0.1, 0.15) is 0 Å². The maximum absolute atomic E-state index is 11.2. The van der Waals surface area contributed by atoms with E-state index < -0.39 is 0 Å². The molecule has 1 aliphatic carbocycles. The van der Waals surface area contributed by atoms with Gasteiger partial charge in [-0.1, -0.05) is 24.3 Å². The summed E-state index contributed by atoms with van der Waals surface area (Å²) in [5.41, 5.74) is 0.839. The van der Waals surface area contributed by atoms with Crippen molar-refractivity contribution < 1.29 is 9.59 Å². The normalized spacial score (nSPS) is 33.5. The lowest BCUT2D eigenvalue weighted by molar-refractivity contribution is -0.125. The molecule has 2 amide bonds. The van der Waals surface area contributed by atoms with Crippen LogP contribution in [0.15, 0.2) is 24.3 Å². The molecule has 3 heteroatoms. The Bertz CT molecular complexity index is 296. The van der Waals surface area contributed by atoms with Gasteiger partial charge in [0, 0.05) is 0 Å². The van der Waals surface area contributed by atoms with Crippen LogP contribution < -0.4 is 5.32 Å². The van der Waals surface area contributed by atoms with E-state index in [1.165, 1.54) is 0 Å². The Labute approximate surface area is 70.1 Å². The molecule has 1 heterocycles. The zero-order valence-corrected chi connectivity index (χ0v) is 6.54. The molecule has 2 atom stereocenters. The van der Waals surface area contributed by atoms with Crippen LogP contribution in [0.1, 0.15) is 6.42 Å². The van der Waals surface area contributed by atoms with Gasteiger partial charge >= 0.3 is 0 Å². The van der Waals surface area contributed by atoms with Gasteiger partial charge in [-0.2, -0.15) is 0 Å². The third kappa shape index (κ3) is 0.826. The standard InChI is InChI=1S/C9H9NO2/c1-5-3-2-4-6-7(5)9(12)10-8(6)11/h2,4,6-7H,1,3H2,(H,10,11,12). The van der Waals surface area contributed by atoms with Crippen LogP contribution in [0.25, 0.3) is 0 Å². The Balaban J connectivity index is 2.40. The van der Waals surface area contributed by atoms with Gasteiger partial charge in [0.05, 0.1) is 11.8 Å². The van der Waals surface area contributed by atoms with Crippen molar-refractivity contribution in [2.24, 2.45) is 11.8 Å². The van der Waals surface area contributed by atoms with Crippen molar-refractivity contribution in [3.05, 3.63) is 24.3 Å². The average molecular weight is 163 g/mol. The maximum atomic E-state index is 11.2. The highest BCUT2D eigenvalue weighted by Gasteiger charge is 2.42. The van der Waals surface area contributed by atoms with Crippen LogP contribution in [0, 0.1) is 11.8 Å². The van der Waals surface area contributed by atoms with Gasteiger partial charge in [0.2, 0.25) is 11.8 Å². The van der Waals surface area contributed by atoms with Crippen LogP contribution in [0.4, 0.5) is 0 Å². The van der Waals surface area contributed by atoms with Crippen molar-refractivity contribution in [3.8, 4) is 0 Å². The van der Waals surface area contributed by atoms with Gasteiger partial charge in [-0.05, 0) is 6.42 Å². The first-order chi connectivity index (χ1) is 5.70. The summed E-state index contributed by atoms with van der Waals surface area (Å²) < 4.78 is 0. The summed E-state index contributed by atoms with van der Waals surface area (Å²) in [5, 5.41) is 2.30. The molecule has 1 fully saturated rings. The molecule has 1 N–H and O–H groups in total. The van der Waals surface area contributed by atoms with Crippen LogP contribution in [0.2, 0.25) is 0 Å². The van der Waals surface area contributed by atoms with Gasteiger partial charge in [-0.15, -0.1) is 0 Å². The lowest BCUT2D eigenvalue weighted by atomic mass is 9.83. The van der Waals surface area contributed by atoms with Crippen LogP contribution in [0.3, 0.4) is 0 Å². The first-order valence-electron chi connectivity index (χ1n) is 3.89. The fourth-order valence-electron chi connectivity index (χ4n) is 1.73. The molecule has 1 aliphatic heterocycles. The molecule has 3 nitrogen and oxygen atoms in total. The Morgan fingerprint density at radius 1 is 1.42 bits per heavy atom. The number of carbonyl (C=O) groups is 2. The smallest absolute Gasteiger partial charge is 0.234 e. The predicted octanol–water partition coefficient (Wildman–Crippen LogP) is 0.391. The van der Waals surface area contributed by atoms with Crippen LogP contribution in [-0.2, 0) is 9.59 Å². The van der Waals surface area contributed by atoms with Gasteiger partial charge in [0.15, 0.2) is 0 Å². The van der Waals surface area contributed by atoms with Crippen molar-refractivity contribution >= 4 is 11.8 Å². The molecule has 12 heavy (non-hydrogen) atoms. The summed E-state index contributed by atoms with van der Waals surface area (Å²) in [7, 11) is 0. The second kappa shape index (κ2) is 2.30. The fourth-order valence-corrected chi connectivity index (χ4v) is 1.73. The number of hydrogen-bond donors (Lipinski definition) is 1. The molecular formula is C9H9NO2. The number of imide groups is 1. The predicted molar refractivity (Wildman–Crippen MR) is 43.0 cm³/mol. The highest BCUT2D eigenvalue weighted by molar-refractivity contribution is 6.07. The van der Waals surface area contributed by atoms with Crippen molar-refractivity contribution in [3.63, 3.8) is 0 Å². The molecule has 1 saturated heterocycles. The van der Waals surface area contributed by atoms with Gasteiger partial charge in [0.25, 0.3) is 0 Å². The molecule has 0 bridgehead atoms. The quantitative estimate of drug-likeness (QED) is 0.415. The minimum absolute atomic E-state index is 0.192. The molecule has 2 unspecified atom stereocenters. The Morgan fingerprint density at radius 3 is 2.83 bits per heavy atom. The van der Waals surface area contributed by atoms with E-state index in [2.05, 4.69) is 11.9 Å². The molecule has 2 rings (SSSR count). The lowest BCUT2D eigenvalue weighted by Crippen LogP contribution is -2.22. The van der Waals surface area contributed by atoms with E-state index in [0.29, 0.717) is 6.42 Å². The second-order valence-electron chi connectivity index (χ2n) is 3.15. The van der Waals surface area contributed by atoms with Gasteiger partial charge in [-0.3, -0.25) is 14.9 Å². The van der Waals surface area contributed by atoms with E-state index in [1.54, 1.807) is 6.08 Å². The minimum atomic E-state index is -0.303. The largest absolute Gasteiger partial charge is 0.295 e. The third-order valence-corrected chi connectivity index (χ3v) is 2.35. The van der Waals surface area contributed by atoms with Crippen molar-refractivity contribution in [2.45, 2.75) is 6.42 Å². The summed E-state index contributed by atoms with van der Waals surface area (Å²) >= 11 is 0. The van der Waals surface area contributed by atoms with Gasteiger partial charge in [-0.25, -0.2) is 0 Å². The maximum Gasteiger partial charge on any atom is 0.234 e. The van der Waals surface area contributed by atoms with Crippen LogP contribution in [-0.4, -0.2) is 11.8 Å². The fraction of sp³-hybridized carbons (Fsp3) is 0.333. The molecule has 2 aliphatic rings. The van der Waals surface area contributed by atoms with E-state index in [4.69, 9.17) is 0 Å². The Morgan fingerprint density at radius 2 is 2.17 bits per heavy atom. The minimum Gasteiger partial charge on any atom is -0.295 e. The molecule has 0 radical (unpaired) electrons. The SMILES string of the molecule is C=C1CC=CC2C(=O)NC(=O)C12. The van der Waals surface area contributed by atoms with E-state index in [0.717, 1.165) is 5.57 Å². The second-order valence-corrected chi connectivity index (χ2v) is 3.15. The highest BCUT2D eigenvalue weighted by Crippen LogP contribution is 2.32. The molecule has 0 aromatic heterocycles. The van der Waals surface area contributed by atoms with Crippen LogP contribution in [0.5, 0.6) is 0 Å². The summed E-state index contributed by atoms with van der Waals surface area (Å²) in [4.78, 5) is 22.3. The zero-order chi connectivity index (χ0) is 8.72. The first kappa shape index (κ1) is 7.28. The van der Waals surface area contributed by atoms with E-state index >= 15 is 0 Å². The highest BCUT2D eigenvalue weighted by atomic mass is 16.2.